The Morgan fingerprint density at radius 2 is 1.83 bits per heavy atom. The highest BCUT2D eigenvalue weighted by Crippen LogP contribution is 2.23. The van der Waals surface area contributed by atoms with E-state index in [1.165, 1.54) is 4.31 Å². The quantitative estimate of drug-likeness (QED) is 0.486. The molecule has 0 saturated carbocycles. The highest BCUT2D eigenvalue weighted by Gasteiger charge is 2.38. The lowest BCUT2D eigenvalue weighted by atomic mass is 10.2. The fourth-order valence-corrected chi connectivity index (χ4v) is 5.11. The van der Waals surface area contributed by atoms with E-state index in [0.29, 0.717) is 32.1 Å². The molecule has 0 radical (unpaired) electrons. The van der Waals surface area contributed by atoms with Crippen LogP contribution in [0.1, 0.15) is 26.2 Å². The number of hydrogen-bond acceptors (Lipinski definition) is 7. The second-order valence-corrected chi connectivity index (χ2v) is 10.0. The second kappa shape index (κ2) is 13.8. The molecule has 2 fully saturated rings. The molecule has 1 unspecified atom stereocenters. The Morgan fingerprint density at radius 1 is 1.22 bits per heavy atom. The van der Waals surface area contributed by atoms with Crippen molar-refractivity contribution in [3.63, 3.8) is 0 Å². The monoisotopic (exact) mass is 539 g/mol. The molecule has 2 aliphatic heterocycles. The van der Waals surface area contributed by atoms with Crippen LogP contribution < -0.4 is 10.1 Å². The molecule has 2 aliphatic rings. The number of hydrogen-bond donors (Lipinski definition) is 2. The summed E-state index contributed by atoms with van der Waals surface area (Å²) in [4.78, 5) is 23.4. The van der Waals surface area contributed by atoms with Crippen LogP contribution in [-0.4, -0.2) is 99.4 Å². The summed E-state index contributed by atoms with van der Waals surface area (Å²) in [5.41, 5.74) is 0. The highest BCUT2D eigenvalue weighted by atomic mass is 32.2. The number of piperazine rings is 1. The summed E-state index contributed by atoms with van der Waals surface area (Å²) in [6.07, 6.45) is -3.27. The van der Waals surface area contributed by atoms with Crippen molar-refractivity contribution < 1.29 is 45.8 Å². The number of aliphatic carboxylic acids is 1. The molecule has 0 spiro atoms. The molecule has 1 aromatic carbocycles. The van der Waals surface area contributed by atoms with E-state index in [-0.39, 0.29) is 36.4 Å². The number of rotatable bonds is 9. The van der Waals surface area contributed by atoms with E-state index < -0.39 is 22.2 Å². The largest absolute Gasteiger partial charge is 0.494 e. The number of benzene rings is 1. The number of halogens is 3. The van der Waals surface area contributed by atoms with Crippen molar-refractivity contribution in [3.05, 3.63) is 24.3 Å². The molecular weight excluding hydrogens is 507 g/mol. The Balaban J connectivity index is 0.000000572. The molecule has 10 nitrogen and oxygen atoms in total. The van der Waals surface area contributed by atoms with Gasteiger partial charge < -0.3 is 24.8 Å². The van der Waals surface area contributed by atoms with E-state index in [0.717, 1.165) is 25.9 Å². The van der Waals surface area contributed by atoms with E-state index in [1.807, 2.05) is 6.92 Å². The lowest BCUT2D eigenvalue weighted by molar-refractivity contribution is -0.192. The summed E-state index contributed by atoms with van der Waals surface area (Å²) in [6, 6.07) is 6.43. The van der Waals surface area contributed by atoms with Gasteiger partial charge in [-0.3, -0.25) is 4.79 Å². The molecule has 1 atom stereocenters. The van der Waals surface area contributed by atoms with Gasteiger partial charge in [-0.15, -0.1) is 0 Å². The number of nitrogens with one attached hydrogen (secondary N) is 1. The van der Waals surface area contributed by atoms with Crippen LogP contribution in [0.4, 0.5) is 13.2 Å². The van der Waals surface area contributed by atoms with Crippen LogP contribution in [-0.2, 0) is 24.3 Å². The normalized spacial score (nSPS) is 18.5. The van der Waals surface area contributed by atoms with Crippen LogP contribution in [0.5, 0.6) is 5.75 Å². The van der Waals surface area contributed by atoms with Gasteiger partial charge in [0.15, 0.2) is 0 Å². The number of carboxylic acids is 1. The lowest BCUT2D eigenvalue weighted by Gasteiger charge is -2.29. The topological polar surface area (TPSA) is 125 Å². The van der Waals surface area contributed by atoms with Gasteiger partial charge >= 0.3 is 12.1 Å². The van der Waals surface area contributed by atoms with E-state index in [1.54, 1.807) is 29.2 Å². The molecule has 3 rings (SSSR count). The standard InChI is InChI=1S/C20H31N3O5S.C2HF3O2/c1-2-27-17-5-7-19(8-6-17)29(25,26)23(16-18-4-3-15-28-18)12-9-20(24)22-13-10-21-11-14-22;3-2(4,5)1(6)7/h5-8,18,21H,2-4,9-16H2,1H3;(H,6,7). The summed E-state index contributed by atoms with van der Waals surface area (Å²) in [5, 5.41) is 10.3. The minimum Gasteiger partial charge on any atom is -0.494 e. The van der Waals surface area contributed by atoms with E-state index >= 15 is 0 Å². The zero-order valence-corrected chi connectivity index (χ0v) is 20.8. The molecule has 204 valence electrons. The number of carboxylic acid groups (broad SMARTS) is 1. The summed E-state index contributed by atoms with van der Waals surface area (Å²) < 4.78 is 70.7. The minimum absolute atomic E-state index is 0.00858. The lowest BCUT2D eigenvalue weighted by Crippen LogP contribution is -2.47. The van der Waals surface area contributed by atoms with Gasteiger partial charge in [0.05, 0.1) is 17.6 Å². The smallest absolute Gasteiger partial charge is 0.490 e. The fraction of sp³-hybridized carbons (Fsp3) is 0.636. The third-order valence-corrected chi connectivity index (χ3v) is 7.37. The molecular formula is C22H32F3N3O7S. The molecule has 14 heteroatoms. The first-order valence-corrected chi connectivity index (χ1v) is 13.0. The number of alkyl halides is 3. The van der Waals surface area contributed by atoms with Crippen LogP contribution in [0.25, 0.3) is 0 Å². The van der Waals surface area contributed by atoms with Crippen LogP contribution in [0, 0.1) is 0 Å². The molecule has 2 saturated heterocycles. The number of carbonyl (C=O) groups is 2. The Kier molecular flexibility index (Phi) is 11.4. The van der Waals surface area contributed by atoms with E-state index in [2.05, 4.69) is 5.32 Å². The van der Waals surface area contributed by atoms with Crippen molar-refractivity contribution in [3.8, 4) is 5.75 Å². The van der Waals surface area contributed by atoms with Gasteiger partial charge in [-0.25, -0.2) is 13.2 Å². The average molecular weight is 540 g/mol. The maximum Gasteiger partial charge on any atom is 0.490 e. The van der Waals surface area contributed by atoms with Gasteiger partial charge in [0.2, 0.25) is 15.9 Å². The van der Waals surface area contributed by atoms with Gasteiger partial charge in [0.25, 0.3) is 0 Å². The first kappa shape index (κ1) is 29.8. The van der Waals surface area contributed by atoms with Crippen LogP contribution in [0.2, 0.25) is 0 Å². The van der Waals surface area contributed by atoms with Gasteiger partial charge in [-0.05, 0) is 44.0 Å². The second-order valence-electron chi connectivity index (χ2n) is 8.09. The maximum absolute atomic E-state index is 13.3. The first-order valence-electron chi connectivity index (χ1n) is 11.6. The minimum atomic E-state index is -5.08. The van der Waals surface area contributed by atoms with Crippen molar-refractivity contribution in [2.24, 2.45) is 0 Å². The zero-order valence-electron chi connectivity index (χ0n) is 20.0. The SMILES string of the molecule is CCOc1ccc(S(=O)(=O)N(CCC(=O)N2CCNCC2)CC2CCCO2)cc1.O=C(O)C(F)(F)F. The summed E-state index contributed by atoms with van der Waals surface area (Å²) in [6.45, 7) is 6.34. The molecule has 1 amide bonds. The molecule has 2 heterocycles. The van der Waals surface area contributed by atoms with E-state index in [9.17, 15) is 26.4 Å². The number of nitrogens with zero attached hydrogens (tertiary/aromatic N) is 2. The fourth-order valence-electron chi connectivity index (χ4n) is 3.64. The Labute approximate surface area is 208 Å². The van der Waals surface area contributed by atoms with E-state index in [4.69, 9.17) is 19.4 Å². The molecule has 0 aliphatic carbocycles. The highest BCUT2D eigenvalue weighted by molar-refractivity contribution is 7.89. The number of ether oxygens (including phenoxy) is 2. The molecule has 2 N–H and O–H groups in total. The molecule has 36 heavy (non-hydrogen) atoms. The Morgan fingerprint density at radius 3 is 2.33 bits per heavy atom. The van der Waals surface area contributed by atoms with Gasteiger partial charge in [0.1, 0.15) is 5.75 Å². The molecule has 1 aromatic rings. The number of carbonyl (C=O) groups excluding carboxylic acids is 1. The van der Waals surface area contributed by atoms with Crippen LogP contribution in [0.3, 0.4) is 0 Å². The number of amides is 1. The average Bonchev–Trinajstić information content (AvgIpc) is 3.36. The van der Waals surface area contributed by atoms with Gasteiger partial charge in [-0.1, -0.05) is 0 Å². The van der Waals surface area contributed by atoms with Gasteiger partial charge in [-0.2, -0.15) is 17.5 Å². The Bertz CT molecular complexity index is 947. The first-order chi connectivity index (χ1) is 16.9. The van der Waals surface area contributed by atoms with Crippen molar-refractivity contribution in [2.75, 3.05) is 52.5 Å². The van der Waals surface area contributed by atoms with Crippen molar-refractivity contribution >= 4 is 21.9 Å². The third-order valence-electron chi connectivity index (χ3n) is 5.49. The Hall–Kier alpha value is -2.42. The van der Waals surface area contributed by atoms with Crippen LogP contribution >= 0.6 is 0 Å². The molecule has 0 bridgehead atoms. The van der Waals surface area contributed by atoms with Crippen molar-refractivity contribution in [2.45, 2.75) is 43.4 Å². The predicted molar refractivity (Wildman–Crippen MR) is 123 cm³/mol. The van der Waals surface area contributed by atoms with Crippen molar-refractivity contribution in [1.82, 2.24) is 14.5 Å². The third kappa shape index (κ3) is 9.22. The summed E-state index contributed by atoms with van der Waals surface area (Å²) >= 11 is 0. The number of sulfonamides is 1. The van der Waals surface area contributed by atoms with Gasteiger partial charge in [0, 0.05) is 52.3 Å². The summed E-state index contributed by atoms with van der Waals surface area (Å²) in [7, 11) is -3.73. The zero-order chi connectivity index (χ0) is 26.8. The predicted octanol–water partition coefficient (Wildman–Crippen LogP) is 1.71. The summed E-state index contributed by atoms with van der Waals surface area (Å²) in [5.74, 6) is -2.13. The molecule has 0 aromatic heterocycles. The van der Waals surface area contributed by atoms with Crippen molar-refractivity contribution in [1.29, 1.82) is 0 Å². The van der Waals surface area contributed by atoms with Crippen LogP contribution in [0.15, 0.2) is 29.2 Å². The maximum atomic E-state index is 13.3.